The highest BCUT2D eigenvalue weighted by Crippen LogP contribution is 2.43. The van der Waals surface area contributed by atoms with Crippen LogP contribution in [0.5, 0.6) is 0 Å². The average molecular weight is 343 g/mol. The second kappa shape index (κ2) is 6.25. The van der Waals surface area contributed by atoms with Crippen molar-refractivity contribution in [1.82, 2.24) is 4.90 Å². The van der Waals surface area contributed by atoms with E-state index >= 15 is 0 Å². The Hall–Kier alpha value is -1.81. The molecule has 2 aromatic rings. The third-order valence-corrected chi connectivity index (χ3v) is 6.74. The first kappa shape index (κ1) is 17.0. The number of esters is 1. The van der Waals surface area contributed by atoms with Crippen LogP contribution in [0.3, 0.4) is 0 Å². The number of benzene rings is 1. The molecular weight excluding hydrogens is 318 g/mol. The van der Waals surface area contributed by atoms with Crippen LogP contribution in [-0.4, -0.2) is 31.1 Å². The molecule has 0 spiro atoms. The lowest BCUT2D eigenvalue weighted by molar-refractivity contribution is -0.136. The number of fused-ring (bicyclic) bond motifs is 3. The Bertz CT molecular complexity index is 834. The number of aryl methyl sites for hydroxylation is 2. The lowest BCUT2D eigenvalue weighted by Crippen LogP contribution is -2.30. The quantitative estimate of drug-likeness (QED) is 0.711. The molecule has 2 heterocycles. The van der Waals surface area contributed by atoms with Crippen molar-refractivity contribution in [3.63, 3.8) is 0 Å². The zero-order valence-electron chi connectivity index (χ0n) is 15.3. The van der Waals surface area contributed by atoms with Gasteiger partial charge in [0.25, 0.3) is 0 Å². The van der Waals surface area contributed by atoms with E-state index in [0.29, 0.717) is 6.04 Å². The van der Waals surface area contributed by atoms with Crippen molar-refractivity contribution in [2.75, 3.05) is 14.2 Å². The lowest BCUT2D eigenvalue weighted by atomic mass is 9.89. The summed E-state index contributed by atoms with van der Waals surface area (Å²) < 4.78 is 6.40. The highest BCUT2D eigenvalue weighted by molar-refractivity contribution is 7.19. The third kappa shape index (κ3) is 2.63. The normalized spacial score (nSPS) is 23.2. The number of nitrogens with zero attached hydrogens (tertiary/aromatic N) is 1. The summed E-state index contributed by atoms with van der Waals surface area (Å²) in [5.41, 5.74) is 4.76. The molecule has 3 rings (SSSR count). The molecule has 1 aliphatic rings. The van der Waals surface area contributed by atoms with E-state index < -0.39 is 0 Å². The Morgan fingerprint density at radius 2 is 1.92 bits per heavy atom. The number of carbonyl (C=O) groups is 1. The maximum Gasteiger partial charge on any atom is 0.335 e. The summed E-state index contributed by atoms with van der Waals surface area (Å²) >= 11 is 1.84. The average Bonchev–Trinajstić information content (AvgIpc) is 2.94. The van der Waals surface area contributed by atoms with Crippen LogP contribution in [0, 0.1) is 13.8 Å². The van der Waals surface area contributed by atoms with E-state index in [1.165, 1.54) is 38.8 Å². The molecule has 0 fully saturated rings. The number of methoxy groups -OCH3 is 1. The van der Waals surface area contributed by atoms with Gasteiger partial charge < -0.3 is 9.64 Å². The fraction of sp³-hybridized carbons (Fsp3) is 0.450. The fourth-order valence-corrected chi connectivity index (χ4v) is 4.97. The third-order valence-electron chi connectivity index (χ3n) is 5.19. The van der Waals surface area contributed by atoms with E-state index in [1.807, 2.05) is 24.6 Å². The van der Waals surface area contributed by atoms with Crippen LogP contribution in [-0.2, 0) is 16.0 Å². The van der Waals surface area contributed by atoms with Gasteiger partial charge in [0.2, 0.25) is 0 Å². The van der Waals surface area contributed by atoms with Gasteiger partial charge in [-0.25, -0.2) is 4.79 Å². The molecule has 3 nitrogen and oxygen atoms in total. The zero-order chi connectivity index (χ0) is 17.6. The summed E-state index contributed by atoms with van der Waals surface area (Å²) in [6.45, 7) is 8.68. The molecule has 24 heavy (non-hydrogen) atoms. The van der Waals surface area contributed by atoms with E-state index in [4.69, 9.17) is 4.74 Å². The van der Waals surface area contributed by atoms with Crippen molar-refractivity contribution < 1.29 is 9.53 Å². The molecule has 0 amide bonds. The van der Waals surface area contributed by atoms with Crippen LogP contribution in [0.2, 0.25) is 0 Å². The SMILES string of the molecule is COC(=O)/C1=C/N(C)C(C)Cc2c(sc3c(C)ccc(C)c23)C1C. The van der Waals surface area contributed by atoms with E-state index in [2.05, 4.69) is 44.7 Å². The van der Waals surface area contributed by atoms with Crippen molar-refractivity contribution in [3.05, 3.63) is 45.5 Å². The summed E-state index contributed by atoms with van der Waals surface area (Å²) in [7, 11) is 3.50. The predicted molar refractivity (Wildman–Crippen MR) is 101 cm³/mol. The molecular formula is C20H25NO2S. The molecule has 1 aromatic heterocycles. The van der Waals surface area contributed by atoms with Gasteiger partial charge in [-0.15, -0.1) is 11.3 Å². The van der Waals surface area contributed by atoms with Gasteiger partial charge in [-0.3, -0.25) is 0 Å². The smallest absolute Gasteiger partial charge is 0.335 e. The molecule has 4 heteroatoms. The molecule has 2 atom stereocenters. The van der Waals surface area contributed by atoms with Gasteiger partial charge in [0, 0.05) is 34.8 Å². The van der Waals surface area contributed by atoms with Crippen molar-refractivity contribution in [3.8, 4) is 0 Å². The monoisotopic (exact) mass is 343 g/mol. The molecule has 0 saturated carbocycles. The highest BCUT2D eigenvalue weighted by atomic mass is 32.1. The Labute approximate surface area is 147 Å². The Balaban J connectivity index is 2.29. The summed E-state index contributed by atoms with van der Waals surface area (Å²) in [6.07, 6.45) is 2.96. The number of ether oxygens (including phenoxy) is 1. The number of hydrogen-bond donors (Lipinski definition) is 0. The number of likely N-dealkylation sites (N-methyl/N-ethyl adjacent to an activating group) is 1. The number of thiophene rings is 1. The van der Waals surface area contributed by atoms with Crippen molar-refractivity contribution in [2.45, 2.75) is 46.1 Å². The van der Waals surface area contributed by atoms with Gasteiger partial charge in [-0.1, -0.05) is 19.1 Å². The molecule has 0 N–H and O–H groups in total. The van der Waals surface area contributed by atoms with Crippen LogP contribution in [0.1, 0.15) is 41.3 Å². The maximum atomic E-state index is 12.3. The minimum absolute atomic E-state index is 0.0404. The first-order valence-electron chi connectivity index (χ1n) is 8.38. The van der Waals surface area contributed by atoms with E-state index in [-0.39, 0.29) is 11.9 Å². The molecule has 0 aliphatic carbocycles. The Kier molecular flexibility index (Phi) is 4.43. The summed E-state index contributed by atoms with van der Waals surface area (Å²) in [4.78, 5) is 15.8. The van der Waals surface area contributed by atoms with Gasteiger partial charge in [0.05, 0.1) is 12.7 Å². The minimum Gasteiger partial charge on any atom is -0.466 e. The first-order valence-corrected chi connectivity index (χ1v) is 9.20. The van der Waals surface area contributed by atoms with Crippen molar-refractivity contribution >= 4 is 27.4 Å². The lowest BCUT2D eigenvalue weighted by Gasteiger charge is -2.29. The minimum atomic E-state index is -0.236. The fourth-order valence-electron chi connectivity index (χ4n) is 3.53. The largest absolute Gasteiger partial charge is 0.466 e. The second-order valence-electron chi connectivity index (χ2n) is 6.86. The predicted octanol–water partition coefficient (Wildman–Crippen LogP) is 4.55. The molecule has 1 aromatic carbocycles. The maximum absolute atomic E-state index is 12.3. The molecule has 128 valence electrons. The summed E-state index contributed by atoms with van der Waals surface area (Å²) in [6, 6.07) is 4.73. The van der Waals surface area contributed by atoms with Gasteiger partial charge in [-0.2, -0.15) is 0 Å². The van der Waals surface area contributed by atoms with Crippen LogP contribution < -0.4 is 0 Å². The van der Waals surface area contributed by atoms with Crippen molar-refractivity contribution in [1.29, 1.82) is 0 Å². The first-order chi connectivity index (χ1) is 11.3. The van der Waals surface area contributed by atoms with E-state index in [0.717, 1.165) is 12.0 Å². The van der Waals surface area contributed by atoms with Crippen LogP contribution in [0.4, 0.5) is 0 Å². The molecule has 0 radical (unpaired) electrons. The number of carbonyl (C=O) groups excluding carboxylic acids is 1. The Morgan fingerprint density at radius 3 is 2.58 bits per heavy atom. The zero-order valence-corrected chi connectivity index (χ0v) is 16.1. The van der Waals surface area contributed by atoms with Gasteiger partial charge >= 0.3 is 5.97 Å². The molecule has 0 saturated heterocycles. The van der Waals surface area contributed by atoms with Crippen molar-refractivity contribution in [2.24, 2.45) is 0 Å². The topological polar surface area (TPSA) is 29.5 Å². The van der Waals surface area contributed by atoms with Crippen LogP contribution in [0.15, 0.2) is 23.9 Å². The van der Waals surface area contributed by atoms with E-state index in [1.54, 1.807) is 0 Å². The van der Waals surface area contributed by atoms with E-state index in [9.17, 15) is 4.79 Å². The number of hydrogen-bond acceptors (Lipinski definition) is 4. The highest BCUT2D eigenvalue weighted by Gasteiger charge is 2.29. The molecule has 2 unspecified atom stereocenters. The van der Waals surface area contributed by atoms with Crippen LogP contribution >= 0.6 is 11.3 Å². The summed E-state index contributed by atoms with van der Waals surface area (Å²) in [5, 5.41) is 1.38. The number of rotatable bonds is 1. The summed E-state index contributed by atoms with van der Waals surface area (Å²) in [5.74, 6) is -0.195. The standard InChI is InChI=1S/C20H25NO2S/c1-11-7-8-12(2)18-17(11)15-9-13(3)21(5)10-16(20(22)23-6)14(4)19(15)24-18/h7-8,10,13-14H,9H2,1-6H3/b16-10+. The van der Waals surface area contributed by atoms with Gasteiger partial charge in [0.15, 0.2) is 0 Å². The van der Waals surface area contributed by atoms with Crippen LogP contribution in [0.25, 0.3) is 10.1 Å². The van der Waals surface area contributed by atoms with Gasteiger partial charge in [0.1, 0.15) is 0 Å². The molecule has 0 bridgehead atoms. The van der Waals surface area contributed by atoms with Gasteiger partial charge in [-0.05, 0) is 49.3 Å². The Morgan fingerprint density at radius 1 is 1.25 bits per heavy atom. The second-order valence-corrected chi connectivity index (χ2v) is 7.92. The molecule has 1 aliphatic heterocycles.